The van der Waals surface area contributed by atoms with E-state index in [1.54, 1.807) is 19.9 Å². The molecule has 0 aromatic heterocycles. The number of allylic oxidation sites excluding steroid dienone is 1. The predicted molar refractivity (Wildman–Crippen MR) is 148 cm³/mol. The van der Waals surface area contributed by atoms with Crippen molar-refractivity contribution >= 4 is 35.5 Å². The molecule has 0 aromatic rings. The minimum atomic E-state index is -2.29. The largest absolute Gasteiger partial charge is 0.459 e. The summed E-state index contributed by atoms with van der Waals surface area (Å²) in [6, 6.07) is 0. The van der Waals surface area contributed by atoms with Crippen LogP contribution in [-0.2, 0) is 42.9 Å². The van der Waals surface area contributed by atoms with Crippen LogP contribution in [0.3, 0.4) is 0 Å². The second-order valence-electron chi connectivity index (χ2n) is 12.2. The molecule has 234 valence electrons. The maximum absolute atomic E-state index is 13.0. The second-order valence-corrected chi connectivity index (χ2v) is 12.7. The third-order valence-corrected chi connectivity index (χ3v) is 9.76. The average Bonchev–Trinajstić information content (AvgIpc) is 3.67. The van der Waals surface area contributed by atoms with Crippen molar-refractivity contribution in [2.24, 2.45) is 17.3 Å². The SMILES string of the molecule is C=C1/C=C\[C@H](OC(=O)CCC)[C@@]2(C)[C@H]3O[C@H]3[C@@H](OC(=O)CCC)[C@@](C)(O)[C@@H]2[C@H](OC(C)=O)[C@]2(O)[C@@H](C)C(=O)O[C@H]2[C@H]1Cl. The summed E-state index contributed by atoms with van der Waals surface area (Å²) in [6.45, 7) is 13.2. The highest BCUT2D eigenvalue weighted by Gasteiger charge is 2.79. The van der Waals surface area contributed by atoms with Crippen LogP contribution in [0, 0.1) is 17.3 Å². The summed E-state index contributed by atoms with van der Waals surface area (Å²) >= 11 is 6.75. The van der Waals surface area contributed by atoms with E-state index in [4.69, 9.17) is 35.3 Å². The molecule has 4 rings (SSSR count). The zero-order valence-corrected chi connectivity index (χ0v) is 25.6. The molecule has 2 aliphatic heterocycles. The monoisotopic (exact) mass is 612 g/mol. The molecule has 12 atom stereocenters. The molecule has 2 N–H and O–H groups in total. The lowest BCUT2D eigenvalue weighted by molar-refractivity contribution is -0.258. The zero-order valence-electron chi connectivity index (χ0n) is 24.8. The molecular weight excluding hydrogens is 572 g/mol. The highest BCUT2D eigenvalue weighted by atomic mass is 35.5. The van der Waals surface area contributed by atoms with Gasteiger partial charge in [-0.2, -0.15) is 0 Å². The fourth-order valence-electron chi connectivity index (χ4n) is 7.08. The molecule has 3 fully saturated rings. The van der Waals surface area contributed by atoms with E-state index in [1.807, 2.05) is 6.92 Å². The summed E-state index contributed by atoms with van der Waals surface area (Å²) in [6.07, 6.45) is -2.76. The first-order valence-corrected chi connectivity index (χ1v) is 14.9. The molecule has 1 saturated carbocycles. The molecule has 0 unspecified atom stereocenters. The molecule has 11 nitrogen and oxygen atoms in total. The van der Waals surface area contributed by atoms with Crippen LogP contribution in [0.5, 0.6) is 0 Å². The molecule has 12 heteroatoms. The van der Waals surface area contributed by atoms with E-state index >= 15 is 0 Å². The van der Waals surface area contributed by atoms with E-state index in [9.17, 15) is 29.4 Å². The van der Waals surface area contributed by atoms with Crippen molar-refractivity contribution < 1.29 is 53.1 Å². The average molecular weight is 613 g/mol. The van der Waals surface area contributed by atoms with Gasteiger partial charge in [0.2, 0.25) is 0 Å². The highest BCUT2D eigenvalue weighted by Crippen LogP contribution is 2.63. The van der Waals surface area contributed by atoms with E-state index < -0.39 is 94.3 Å². The molecule has 0 aromatic carbocycles. The molecule has 2 aliphatic carbocycles. The van der Waals surface area contributed by atoms with Gasteiger partial charge in [-0.15, -0.1) is 11.6 Å². The maximum Gasteiger partial charge on any atom is 0.312 e. The molecular formula is C30H41ClO11. The fourth-order valence-corrected chi connectivity index (χ4v) is 7.40. The van der Waals surface area contributed by atoms with Crippen molar-refractivity contribution in [3.8, 4) is 0 Å². The van der Waals surface area contributed by atoms with E-state index in [2.05, 4.69) is 6.58 Å². The Morgan fingerprint density at radius 1 is 1.02 bits per heavy atom. The first-order valence-electron chi connectivity index (χ1n) is 14.4. The third-order valence-electron chi connectivity index (χ3n) is 9.25. The topological polar surface area (TPSA) is 158 Å². The van der Waals surface area contributed by atoms with Crippen molar-refractivity contribution in [1.82, 2.24) is 0 Å². The first kappa shape index (κ1) is 32.4. The molecule has 0 amide bonds. The van der Waals surface area contributed by atoms with Gasteiger partial charge in [0.25, 0.3) is 0 Å². The van der Waals surface area contributed by atoms with Gasteiger partial charge in [-0.1, -0.05) is 33.4 Å². The van der Waals surface area contributed by atoms with Crippen LogP contribution < -0.4 is 0 Å². The van der Waals surface area contributed by atoms with E-state index in [0.29, 0.717) is 12.8 Å². The number of carbonyl (C=O) groups excluding carboxylic acids is 4. The van der Waals surface area contributed by atoms with Gasteiger partial charge >= 0.3 is 23.9 Å². The number of fused-ring (bicyclic) bond motifs is 4. The number of carbonyl (C=O) groups is 4. The van der Waals surface area contributed by atoms with Crippen molar-refractivity contribution in [3.05, 3.63) is 24.3 Å². The van der Waals surface area contributed by atoms with Crippen molar-refractivity contribution in [1.29, 1.82) is 0 Å². The fraction of sp³-hybridized carbons (Fsp3) is 0.733. The molecule has 0 spiro atoms. The van der Waals surface area contributed by atoms with Crippen LogP contribution >= 0.6 is 11.6 Å². The Balaban J connectivity index is 2.00. The maximum atomic E-state index is 13.0. The number of hydrogen-bond donors (Lipinski definition) is 2. The Kier molecular flexibility index (Phi) is 8.93. The van der Waals surface area contributed by atoms with Crippen molar-refractivity contribution in [2.75, 3.05) is 0 Å². The van der Waals surface area contributed by atoms with Crippen LogP contribution in [0.15, 0.2) is 24.3 Å². The summed E-state index contributed by atoms with van der Waals surface area (Å²) in [4.78, 5) is 51.3. The van der Waals surface area contributed by atoms with Crippen LogP contribution in [0.2, 0.25) is 0 Å². The highest BCUT2D eigenvalue weighted by molar-refractivity contribution is 6.23. The summed E-state index contributed by atoms with van der Waals surface area (Å²) in [5.41, 5.74) is -5.50. The molecule has 0 radical (unpaired) electrons. The molecule has 2 saturated heterocycles. The second kappa shape index (κ2) is 11.6. The number of aliphatic hydroxyl groups is 2. The molecule has 2 heterocycles. The Morgan fingerprint density at radius 2 is 1.62 bits per heavy atom. The van der Waals surface area contributed by atoms with E-state index in [0.717, 1.165) is 6.92 Å². The summed E-state index contributed by atoms with van der Waals surface area (Å²) < 4.78 is 29.3. The number of hydrogen-bond acceptors (Lipinski definition) is 11. The van der Waals surface area contributed by atoms with E-state index in [-0.39, 0.29) is 18.4 Å². The summed E-state index contributed by atoms with van der Waals surface area (Å²) in [5, 5.41) is 23.8. The Labute approximate surface area is 250 Å². The molecule has 4 aliphatic rings. The van der Waals surface area contributed by atoms with Crippen LogP contribution in [0.25, 0.3) is 0 Å². The standard InChI is InChI=1S/C30H41ClO11/c1-8-10-18(33)39-17-13-12-14(3)20(31)23-30(37,15(4)27(35)42-23)26(38-16(5)32)22-28(17,6)24-21(41-24)25(29(22,7)36)40-19(34)11-9-2/h12-13,15,17,20-26,36-37H,3,8-11H2,1-2,4-7H3/b13-12-/t15-,17-,20-,21+,22+,23-,24-,25+,26-,28+,29-,30-/m0/s1. The van der Waals surface area contributed by atoms with Gasteiger partial charge in [-0.05, 0) is 38.3 Å². The number of esters is 4. The normalized spacial score (nSPS) is 44.9. The van der Waals surface area contributed by atoms with Gasteiger partial charge < -0.3 is 33.9 Å². The zero-order chi connectivity index (χ0) is 31.4. The van der Waals surface area contributed by atoms with Crippen LogP contribution in [-0.4, -0.2) is 87.3 Å². The number of alkyl halides is 1. The Bertz CT molecular complexity index is 1170. The minimum Gasteiger partial charge on any atom is -0.459 e. The van der Waals surface area contributed by atoms with Gasteiger partial charge in [-0.3, -0.25) is 19.2 Å². The van der Waals surface area contributed by atoms with Gasteiger partial charge in [0.05, 0.1) is 17.4 Å². The van der Waals surface area contributed by atoms with Gasteiger partial charge in [0.15, 0.2) is 17.8 Å². The third kappa shape index (κ3) is 5.16. The smallest absolute Gasteiger partial charge is 0.312 e. The summed E-state index contributed by atoms with van der Waals surface area (Å²) in [7, 11) is 0. The van der Waals surface area contributed by atoms with Gasteiger partial charge in [-0.25, -0.2) is 0 Å². The van der Waals surface area contributed by atoms with Crippen LogP contribution in [0.1, 0.15) is 67.2 Å². The Hall–Kier alpha value is -2.47. The lowest BCUT2D eigenvalue weighted by Crippen LogP contribution is -2.73. The minimum absolute atomic E-state index is 0.0840. The Morgan fingerprint density at radius 3 is 2.19 bits per heavy atom. The van der Waals surface area contributed by atoms with E-state index in [1.165, 1.54) is 19.9 Å². The number of ether oxygens (including phenoxy) is 5. The quantitative estimate of drug-likeness (QED) is 0.188. The lowest BCUT2D eigenvalue weighted by Gasteiger charge is -2.57. The summed E-state index contributed by atoms with van der Waals surface area (Å²) in [5.74, 6) is -5.34. The lowest BCUT2D eigenvalue weighted by atomic mass is 9.52. The molecule has 0 bridgehead atoms. The number of halogens is 1. The number of epoxide rings is 1. The predicted octanol–water partition coefficient (Wildman–Crippen LogP) is 2.52. The van der Waals surface area contributed by atoms with Crippen molar-refractivity contribution in [3.63, 3.8) is 0 Å². The van der Waals surface area contributed by atoms with Gasteiger partial charge in [0, 0.05) is 31.1 Å². The molecule has 42 heavy (non-hydrogen) atoms. The number of rotatable bonds is 7. The first-order chi connectivity index (χ1) is 19.6. The van der Waals surface area contributed by atoms with Gasteiger partial charge in [0.1, 0.15) is 23.9 Å². The van der Waals surface area contributed by atoms with Crippen LogP contribution in [0.4, 0.5) is 0 Å². The van der Waals surface area contributed by atoms with Crippen molar-refractivity contribution in [2.45, 2.75) is 120 Å².